The minimum atomic E-state index is -0.333. The van der Waals surface area contributed by atoms with Crippen LogP contribution in [0.3, 0.4) is 0 Å². The maximum absolute atomic E-state index is 10.8. The molecule has 5 nitrogen and oxygen atoms in total. The van der Waals surface area contributed by atoms with Crippen LogP contribution in [0.15, 0.2) is 24.3 Å². The fourth-order valence-corrected chi connectivity index (χ4v) is 2.96. The SMILES string of the molecule is CCCCC[C@H](c1ccc([N+](=O)[O-])cc1)N1CCNCC1. The van der Waals surface area contributed by atoms with Crippen LogP contribution in [0.2, 0.25) is 0 Å². The van der Waals surface area contributed by atoms with E-state index < -0.39 is 0 Å². The van der Waals surface area contributed by atoms with Gasteiger partial charge in [0.1, 0.15) is 0 Å². The summed E-state index contributed by atoms with van der Waals surface area (Å²) in [4.78, 5) is 13.0. The molecule has 21 heavy (non-hydrogen) atoms. The van der Waals surface area contributed by atoms with Crippen molar-refractivity contribution in [2.75, 3.05) is 26.2 Å². The first kappa shape index (κ1) is 15.9. The lowest BCUT2D eigenvalue weighted by Gasteiger charge is -2.35. The second kappa shape index (κ2) is 8.10. The molecule has 0 bridgehead atoms. The van der Waals surface area contributed by atoms with Crippen LogP contribution in [-0.2, 0) is 0 Å². The highest BCUT2D eigenvalue weighted by atomic mass is 16.6. The van der Waals surface area contributed by atoms with Crippen molar-refractivity contribution in [3.8, 4) is 0 Å². The zero-order chi connectivity index (χ0) is 15.1. The van der Waals surface area contributed by atoms with Gasteiger partial charge in [0.2, 0.25) is 0 Å². The second-order valence-electron chi connectivity index (χ2n) is 5.65. The van der Waals surface area contributed by atoms with Crippen molar-refractivity contribution >= 4 is 5.69 Å². The molecular weight excluding hydrogens is 266 g/mol. The fraction of sp³-hybridized carbons (Fsp3) is 0.625. The van der Waals surface area contributed by atoms with Gasteiger partial charge in [-0.15, -0.1) is 0 Å². The monoisotopic (exact) mass is 291 g/mol. The largest absolute Gasteiger partial charge is 0.314 e. The molecule has 0 saturated carbocycles. The molecule has 0 aliphatic carbocycles. The van der Waals surface area contributed by atoms with E-state index in [0.717, 1.165) is 32.6 Å². The van der Waals surface area contributed by atoms with Crippen LogP contribution in [0.4, 0.5) is 5.69 Å². The normalized spacial score (nSPS) is 17.6. The number of piperazine rings is 1. The van der Waals surface area contributed by atoms with Crippen molar-refractivity contribution < 1.29 is 4.92 Å². The van der Waals surface area contributed by atoms with Crippen LogP contribution in [0, 0.1) is 10.1 Å². The number of nitro benzene ring substituents is 1. The second-order valence-corrected chi connectivity index (χ2v) is 5.65. The number of nitro groups is 1. The molecule has 1 aliphatic rings. The number of unbranched alkanes of at least 4 members (excludes halogenated alkanes) is 2. The molecule has 0 spiro atoms. The number of nitrogens with zero attached hydrogens (tertiary/aromatic N) is 2. The van der Waals surface area contributed by atoms with E-state index in [9.17, 15) is 10.1 Å². The molecule has 2 rings (SSSR count). The van der Waals surface area contributed by atoms with E-state index in [-0.39, 0.29) is 10.6 Å². The molecule has 116 valence electrons. The molecule has 0 aromatic heterocycles. The number of non-ortho nitro benzene ring substituents is 1. The smallest absolute Gasteiger partial charge is 0.269 e. The van der Waals surface area contributed by atoms with Gasteiger partial charge in [0.25, 0.3) is 5.69 Å². The minimum absolute atomic E-state index is 0.173. The molecule has 1 N–H and O–H groups in total. The van der Waals surface area contributed by atoms with Crippen LogP contribution in [0.1, 0.15) is 44.2 Å². The number of rotatable bonds is 7. The summed E-state index contributed by atoms with van der Waals surface area (Å²) in [5, 5.41) is 14.2. The first-order valence-corrected chi connectivity index (χ1v) is 7.91. The Hall–Kier alpha value is -1.46. The summed E-state index contributed by atoms with van der Waals surface area (Å²) >= 11 is 0. The molecule has 5 heteroatoms. The summed E-state index contributed by atoms with van der Waals surface area (Å²) in [6, 6.07) is 7.50. The predicted molar refractivity (Wildman–Crippen MR) is 84.4 cm³/mol. The molecule has 0 amide bonds. The Morgan fingerprint density at radius 3 is 2.48 bits per heavy atom. The van der Waals surface area contributed by atoms with Crippen molar-refractivity contribution in [3.63, 3.8) is 0 Å². The van der Waals surface area contributed by atoms with Crippen LogP contribution < -0.4 is 5.32 Å². The maximum Gasteiger partial charge on any atom is 0.269 e. The van der Waals surface area contributed by atoms with Crippen LogP contribution in [-0.4, -0.2) is 36.0 Å². The summed E-state index contributed by atoms with van der Waals surface area (Å²) in [6.07, 6.45) is 4.80. The summed E-state index contributed by atoms with van der Waals surface area (Å²) in [5.41, 5.74) is 1.38. The van der Waals surface area contributed by atoms with Gasteiger partial charge in [0.05, 0.1) is 4.92 Å². The molecule has 0 radical (unpaired) electrons. The lowest BCUT2D eigenvalue weighted by atomic mass is 9.98. The molecule has 1 atom stereocenters. The molecule has 1 saturated heterocycles. The van der Waals surface area contributed by atoms with E-state index in [2.05, 4.69) is 17.1 Å². The molecule has 1 fully saturated rings. The number of nitrogens with one attached hydrogen (secondary N) is 1. The first-order valence-electron chi connectivity index (χ1n) is 7.91. The van der Waals surface area contributed by atoms with Gasteiger partial charge < -0.3 is 5.32 Å². The summed E-state index contributed by atoms with van der Waals surface area (Å²) in [5.74, 6) is 0. The van der Waals surface area contributed by atoms with Gasteiger partial charge in [-0.3, -0.25) is 15.0 Å². The van der Waals surface area contributed by atoms with E-state index in [1.165, 1.54) is 24.8 Å². The topological polar surface area (TPSA) is 58.4 Å². The Kier molecular flexibility index (Phi) is 6.14. The van der Waals surface area contributed by atoms with E-state index >= 15 is 0 Å². The van der Waals surface area contributed by atoms with Gasteiger partial charge in [0, 0.05) is 44.4 Å². The molecule has 1 aromatic carbocycles. The Morgan fingerprint density at radius 2 is 1.90 bits per heavy atom. The van der Waals surface area contributed by atoms with E-state index in [0.29, 0.717) is 6.04 Å². The molecular formula is C16H25N3O2. The molecule has 1 aliphatic heterocycles. The van der Waals surface area contributed by atoms with Crippen LogP contribution >= 0.6 is 0 Å². The Labute approximate surface area is 126 Å². The lowest BCUT2D eigenvalue weighted by molar-refractivity contribution is -0.384. The average Bonchev–Trinajstić information content (AvgIpc) is 2.53. The van der Waals surface area contributed by atoms with Gasteiger partial charge in [-0.05, 0) is 12.0 Å². The summed E-state index contributed by atoms with van der Waals surface area (Å²) in [6.45, 7) is 6.36. The maximum atomic E-state index is 10.8. The third-order valence-electron chi connectivity index (χ3n) is 4.16. The summed E-state index contributed by atoms with van der Waals surface area (Å²) in [7, 11) is 0. The van der Waals surface area contributed by atoms with Crippen molar-refractivity contribution in [2.24, 2.45) is 0 Å². The number of hydrogen-bond acceptors (Lipinski definition) is 4. The van der Waals surface area contributed by atoms with Gasteiger partial charge in [-0.1, -0.05) is 38.3 Å². The van der Waals surface area contributed by atoms with Gasteiger partial charge in [-0.25, -0.2) is 0 Å². The highest BCUT2D eigenvalue weighted by molar-refractivity contribution is 5.34. The zero-order valence-corrected chi connectivity index (χ0v) is 12.8. The van der Waals surface area contributed by atoms with E-state index in [1.54, 1.807) is 12.1 Å². The highest BCUT2D eigenvalue weighted by Crippen LogP contribution is 2.28. The Balaban J connectivity index is 2.10. The molecule has 1 heterocycles. The number of benzene rings is 1. The standard InChI is InChI=1S/C16H25N3O2/c1-2-3-4-5-16(18-12-10-17-11-13-18)14-6-8-15(9-7-14)19(20)21/h6-9,16-17H,2-5,10-13H2,1H3/t16-/m1/s1. The summed E-state index contributed by atoms with van der Waals surface area (Å²) < 4.78 is 0. The third kappa shape index (κ3) is 4.51. The third-order valence-corrected chi connectivity index (χ3v) is 4.16. The van der Waals surface area contributed by atoms with Crippen LogP contribution in [0.25, 0.3) is 0 Å². The minimum Gasteiger partial charge on any atom is -0.314 e. The first-order chi connectivity index (χ1) is 10.2. The highest BCUT2D eigenvalue weighted by Gasteiger charge is 2.22. The van der Waals surface area contributed by atoms with Crippen molar-refractivity contribution in [3.05, 3.63) is 39.9 Å². The lowest BCUT2D eigenvalue weighted by Crippen LogP contribution is -2.45. The quantitative estimate of drug-likeness (QED) is 0.476. The number of hydrogen-bond donors (Lipinski definition) is 1. The van der Waals surface area contributed by atoms with Gasteiger partial charge >= 0.3 is 0 Å². The van der Waals surface area contributed by atoms with Crippen molar-refractivity contribution in [1.82, 2.24) is 10.2 Å². The Bertz CT molecular complexity index is 441. The zero-order valence-electron chi connectivity index (χ0n) is 12.8. The van der Waals surface area contributed by atoms with Crippen LogP contribution in [0.5, 0.6) is 0 Å². The average molecular weight is 291 g/mol. The van der Waals surface area contributed by atoms with Crippen molar-refractivity contribution in [1.29, 1.82) is 0 Å². The fourth-order valence-electron chi connectivity index (χ4n) is 2.96. The molecule has 1 aromatic rings. The van der Waals surface area contributed by atoms with E-state index in [1.807, 2.05) is 12.1 Å². The molecule has 0 unspecified atom stereocenters. The van der Waals surface area contributed by atoms with Crippen molar-refractivity contribution in [2.45, 2.75) is 38.6 Å². The van der Waals surface area contributed by atoms with E-state index in [4.69, 9.17) is 0 Å². The predicted octanol–water partition coefficient (Wildman–Crippen LogP) is 3.12. The van der Waals surface area contributed by atoms with Gasteiger partial charge in [0.15, 0.2) is 0 Å². The Morgan fingerprint density at radius 1 is 1.24 bits per heavy atom. The van der Waals surface area contributed by atoms with Gasteiger partial charge in [-0.2, -0.15) is 0 Å².